The number of halogens is 2. The van der Waals surface area contributed by atoms with Crippen molar-refractivity contribution in [3.05, 3.63) is 40.0 Å². The van der Waals surface area contributed by atoms with E-state index in [1.165, 1.54) is 0 Å². The van der Waals surface area contributed by atoms with E-state index in [1.54, 1.807) is 10.7 Å². The van der Waals surface area contributed by atoms with Crippen LogP contribution in [0.25, 0.3) is 0 Å². The van der Waals surface area contributed by atoms with Crippen molar-refractivity contribution in [2.24, 2.45) is 0 Å². The molecule has 1 fully saturated rings. The first-order valence-corrected chi connectivity index (χ1v) is 8.47. The molecule has 6 nitrogen and oxygen atoms in total. The van der Waals surface area contributed by atoms with Crippen LogP contribution in [0.1, 0.15) is 5.56 Å². The molecule has 1 aliphatic rings. The maximum atomic E-state index is 6.03. The molecule has 1 aromatic heterocycles. The topological polar surface area (TPSA) is 58.0 Å². The molecule has 2 aromatic rings. The molecular formula is C15H20Cl2N6. The second kappa shape index (κ2) is 7.97. The lowest BCUT2D eigenvalue weighted by Crippen LogP contribution is -2.45. The second-order valence-corrected chi connectivity index (χ2v) is 6.38. The molecule has 0 saturated carbocycles. The fourth-order valence-electron chi connectivity index (χ4n) is 2.56. The molecule has 1 aromatic carbocycles. The van der Waals surface area contributed by atoms with Crippen LogP contribution in [0.4, 0.5) is 5.82 Å². The van der Waals surface area contributed by atoms with E-state index in [0.717, 1.165) is 50.6 Å². The van der Waals surface area contributed by atoms with Crippen molar-refractivity contribution in [2.45, 2.75) is 6.54 Å². The first kappa shape index (κ1) is 16.5. The monoisotopic (exact) mass is 354 g/mol. The SMILES string of the molecule is Clc1ccc(Cn2cc(NCCN3CCNCC3)nn2)cc1Cl. The predicted molar refractivity (Wildman–Crippen MR) is 93.4 cm³/mol. The van der Waals surface area contributed by atoms with Crippen LogP contribution in [0.2, 0.25) is 10.0 Å². The summed E-state index contributed by atoms with van der Waals surface area (Å²) in [7, 11) is 0. The quantitative estimate of drug-likeness (QED) is 0.830. The van der Waals surface area contributed by atoms with Gasteiger partial charge in [-0.05, 0) is 17.7 Å². The highest BCUT2D eigenvalue weighted by Gasteiger charge is 2.09. The number of piperazine rings is 1. The van der Waals surface area contributed by atoms with E-state index >= 15 is 0 Å². The van der Waals surface area contributed by atoms with Crippen molar-refractivity contribution >= 4 is 29.0 Å². The number of aromatic nitrogens is 3. The zero-order chi connectivity index (χ0) is 16.1. The number of hydrogen-bond donors (Lipinski definition) is 2. The first-order valence-electron chi connectivity index (χ1n) is 7.72. The molecule has 0 bridgehead atoms. The van der Waals surface area contributed by atoms with E-state index in [9.17, 15) is 0 Å². The van der Waals surface area contributed by atoms with Crippen LogP contribution >= 0.6 is 23.2 Å². The zero-order valence-electron chi connectivity index (χ0n) is 12.8. The van der Waals surface area contributed by atoms with Crippen molar-refractivity contribution in [3.63, 3.8) is 0 Å². The van der Waals surface area contributed by atoms with Gasteiger partial charge in [0.1, 0.15) is 0 Å². The Kier molecular flexibility index (Phi) is 5.72. The van der Waals surface area contributed by atoms with Gasteiger partial charge in [-0.25, -0.2) is 4.68 Å². The Balaban J connectivity index is 1.48. The minimum atomic E-state index is 0.554. The number of rotatable bonds is 6. The van der Waals surface area contributed by atoms with E-state index in [0.29, 0.717) is 16.6 Å². The number of nitrogens with one attached hydrogen (secondary N) is 2. The Labute approximate surface area is 145 Å². The first-order chi connectivity index (χ1) is 11.2. The number of benzene rings is 1. The molecule has 2 heterocycles. The van der Waals surface area contributed by atoms with E-state index in [1.807, 2.05) is 18.3 Å². The van der Waals surface area contributed by atoms with Gasteiger partial charge in [0.15, 0.2) is 5.82 Å². The Hall–Kier alpha value is -1.34. The Morgan fingerprint density at radius 3 is 2.78 bits per heavy atom. The summed E-state index contributed by atoms with van der Waals surface area (Å²) >= 11 is 12.0. The summed E-state index contributed by atoms with van der Waals surface area (Å²) < 4.78 is 1.78. The molecule has 8 heteroatoms. The van der Waals surface area contributed by atoms with Crippen LogP contribution in [-0.4, -0.2) is 59.2 Å². The molecule has 1 saturated heterocycles. The Bertz CT molecular complexity index is 639. The third-order valence-electron chi connectivity index (χ3n) is 3.81. The van der Waals surface area contributed by atoms with Crippen molar-refractivity contribution in [3.8, 4) is 0 Å². The summed E-state index contributed by atoms with van der Waals surface area (Å²) in [6, 6.07) is 5.58. The highest BCUT2D eigenvalue weighted by atomic mass is 35.5. The predicted octanol–water partition coefficient (Wildman–Crippen LogP) is 1.95. The molecule has 0 spiro atoms. The third kappa shape index (κ3) is 4.81. The maximum Gasteiger partial charge on any atom is 0.168 e. The van der Waals surface area contributed by atoms with E-state index in [4.69, 9.17) is 23.2 Å². The van der Waals surface area contributed by atoms with Crippen LogP contribution in [0.5, 0.6) is 0 Å². The van der Waals surface area contributed by atoms with Gasteiger partial charge in [-0.1, -0.05) is 34.5 Å². The normalized spacial score (nSPS) is 15.7. The Morgan fingerprint density at radius 2 is 2.00 bits per heavy atom. The standard InChI is InChI=1S/C15H20Cl2N6/c16-13-2-1-12(9-14(13)17)10-23-11-15(20-21-23)19-5-8-22-6-3-18-4-7-22/h1-2,9,11,18-19H,3-8,10H2. The lowest BCUT2D eigenvalue weighted by molar-refractivity contribution is 0.249. The van der Waals surface area contributed by atoms with E-state index in [-0.39, 0.29) is 0 Å². The fraction of sp³-hybridized carbons (Fsp3) is 0.467. The summed E-state index contributed by atoms with van der Waals surface area (Å²) in [6.45, 7) is 6.84. The number of anilines is 1. The van der Waals surface area contributed by atoms with Gasteiger partial charge in [-0.15, -0.1) is 5.10 Å². The van der Waals surface area contributed by atoms with Gasteiger partial charge in [-0.2, -0.15) is 0 Å². The Morgan fingerprint density at radius 1 is 1.17 bits per heavy atom. The molecule has 0 unspecified atom stereocenters. The minimum Gasteiger partial charge on any atom is -0.366 e. The maximum absolute atomic E-state index is 6.03. The van der Waals surface area contributed by atoms with Crippen molar-refractivity contribution in [1.29, 1.82) is 0 Å². The second-order valence-electron chi connectivity index (χ2n) is 5.57. The van der Waals surface area contributed by atoms with E-state index < -0.39 is 0 Å². The van der Waals surface area contributed by atoms with Gasteiger partial charge in [0.05, 0.1) is 22.8 Å². The van der Waals surface area contributed by atoms with Gasteiger partial charge in [-0.3, -0.25) is 4.90 Å². The number of hydrogen-bond acceptors (Lipinski definition) is 5. The summed E-state index contributed by atoms with van der Waals surface area (Å²) in [5.41, 5.74) is 1.04. The van der Waals surface area contributed by atoms with Crippen LogP contribution in [0, 0.1) is 0 Å². The zero-order valence-corrected chi connectivity index (χ0v) is 14.3. The molecule has 3 rings (SSSR count). The highest BCUT2D eigenvalue weighted by molar-refractivity contribution is 6.42. The largest absolute Gasteiger partial charge is 0.366 e. The summed E-state index contributed by atoms with van der Waals surface area (Å²) in [6.07, 6.45) is 1.90. The average molecular weight is 355 g/mol. The molecule has 0 atom stereocenters. The number of nitrogens with zero attached hydrogens (tertiary/aromatic N) is 4. The van der Waals surface area contributed by atoms with Crippen molar-refractivity contribution in [1.82, 2.24) is 25.2 Å². The lowest BCUT2D eigenvalue weighted by Gasteiger charge is -2.26. The lowest BCUT2D eigenvalue weighted by atomic mass is 10.2. The van der Waals surface area contributed by atoms with Gasteiger partial charge >= 0.3 is 0 Å². The molecule has 0 amide bonds. The molecule has 0 aliphatic carbocycles. The minimum absolute atomic E-state index is 0.554. The molecule has 1 aliphatic heterocycles. The average Bonchev–Trinajstić information content (AvgIpc) is 2.99. The molecular weight excluding hydrogens is 335 g/mol. The molecule has 2 N–H and O–H groups in total. The van der Waals surface area contributed by atoms with Gasteiger partial charge in [0.25, 0.3) is 0 Å². The van der Waals surface area contributed by atoms with Crippen molar-refractivity contribution in [2.75, 3.05) is 44.6 Å². The van der Waals surface area contributed by atoms with Gasteiger partial charge in [0.2, 0.25) is 0 Å². The summed E-state index contributed by atoms with van der Waals surface area (Å²) in [5, 5.41) is 16.1. The van der Waals surface area contributed by atoms with E-state index in [2.05, 4.69) is 25.8 Å². The van der Waals surface area contributed by atoms with Gasteiger partial charge in [0, 0.05) is 39.3 Å². The smallest absolute Gasteiger partial charge is 0.168 e. The van der Waals surface area contributed by atoms with Crippen LogP contribution in [0.15, 0.2) is 24.4 Å². The van der Waals surface area contributed by atoms with Crippen LogP contribution < -0.4 is 10.6 Å². The van der Waals surface area contributed by atoms with Crippen LogP contribution in [-0.2, 0) is 6.54 Å². The third-order valence-corrected chi connectivity index (χ3v) is 4.55. The molecule has 0 radical (unpaired) electrons. The highest BCUT2D eigenvalue weighted by Crippen LogP contribution is 2.22. The summed E-state index contributed by atoms with van der Waals surface area (Å²) in [4.78, 5) is 2.43. The van der Waals surface area contributed by atoms with Crippen molar-refractivity contribution < 1.29 is 0 Å². The summed E-state index contributed by atoms with van der Waals surface area (Å²) in [5.74, 6) is 0.792. The molecule has 124 valence electrons. The fourth-order valence-corrected chi connectivity index (χ4v) is 2.88. The van der Waals surface area contributed by atoms with Gasteiger partial charge < -0.3 is 10.6 Å². The van der Waals surface area contributed by atoms with Crippen LogP contribution in [0.3, 0.4) is 0 Å². The molecule has 23 heavy (non-hydrogen) atoms.